The average Bonchev–Trinajstić information content (AvgIpc) is 2.88. The molecule has 0 aliphatic carbocycles. The molecule has 2 N–H and O–H groups in total. The van der Waals surface area contributed by atoms with E-state index in [-0.39, 0.29) is 12.0 Å². The molecule has 0 amide bonds. The zero-order valence-electron chi connectivity index (χ0n) is 11.4. The topological polar surface area (TPSA) is 63.0 Å². The quantitative estimate of drug-likeness (QED) is 0.823. The molecule has 0 spiro atoms. The van der Waals surface area contributed by atoms with Gasteiger partial charge in [0.15, 0.2) is 0 Å². The SMILES string of the molecule is CC(C)(CO)CNCc1cnn(-c2ccccc2)n1. The molecule has 1 aromatic carbocycles. The van der Waals surface area contributed by atoms with Crippen molar-refractivity contribution in [2.24, 2.45) is 5.41 Å². The van der Waals surface area contributed by atoms with Crippen LogP contribution in [0.5, 0.6) is 0 Å². The van der Waals surface area contributed by atoms with E-state index < -0.39 is 0 Å². The summed E-state index contributed by atoms with van der Waals surface area (Å²) in [5.41, 5.74) is 1.72. The number of hydrogen-bond acceptors (Lipinski definition) is 4. The Morgan fingerprint density at radius 3 is 2.68 bits per heavy atom. The van der Waals surface area contributed by atoms with Crippen LogP contribution in [0.3, 0.4) is 0 Å². The zero-order valence-corrected chi connectivity index (χ0v) is 11.4. The highest BCUT2D eigenvalue weighted by Crippen LogP contribution is 2.11. The van der Waals surface area contributed by atoms with E-state index in [0.717, 1.165) is 17.9 Å². The summed E-state index contributed by atoms with van der Waals surface area (Å²) in [5.74, 6) is 0. The highest BCUT2D eigenvalue weighted by molar-refractivity contribution is 5.28. The second kappa shape index (κ2) is 5.95. The maximum atomic E-state index is 9.17. The van der Waals surface area contributed by atoms with Gasteiger partial charge >= 0.3 is 0 Å². The number of benzene rings is 1. The van der Waals surface area contributed by atoms with Crippen molar-refractivity contribution >= 4 is 0 Å². The minimum absolute atomic E-state index is 0.116. The molecule has 102 valence electrons. The van der Waals surface area contributed by atoms with Gasteiger partial charge in [-0.25, -0.2) is 0 Å². The summed E-state index contributed by atoms with van der Waals surface area (Å²) in [6.07, 6.45) is 1.76. The van der Waals surface area contributed by atoms with Crippen LogP contribution in [0.25, 0.3) is 5.69 Å². The molecular formula is C14H20N4O. The van der Waals surface area contributed by atoms with Crippen molar-refractivity contribution in [3.8, 4) is 5.69 Å². The number of aliphatic hydroxyl groups excluding tert-OH is 1. The molecule has 5 heteroatoms. The van der Waals surface area contributed by atoms with E-state index in [1.165, 1.54) is 0 Å². The van der Waals surface area contributed by atoms with Crippen LogP contribution in [0.1, 0.15) is 19.5 Å². The first kappa shape index (κ1) is 13.7. The molecule has 2 rings (SSSR count). The molecular weight excluding hydrogens is 240 g/mol. The number of aliphatic hydroxyl groups is 1. The Hall–Kier alpha value is -1.72. The number of nitrogens with zero attached hydrogens (tertiary/aromatic N) is 3. The standard InChI is InChI=1S/C14H20N4O/c1-14(2,11-19)10-15-8-12-9-16-18(17-12)13-6-4-3-5-7-13/h3-7,9,15,19H,8,10-11H2,1-2H3. The summed E-state index contributed by atoms with van der Waals surface area (Å²) in [4.78, 5) is 1.62. The van der Waals surface area contributed by atoms with Crippen molar-refractivity contribution in [1.29, 1.82) is 0 Å². The van der Waals surface area contributed by atoms with Gasteiger partial charge in [0.1, 0.15) is 0 Å². The first-order valence-electron chi connectivity index (χ1n) is 6.39. The second-order valence-corrected chi connectivity index (χ2v) is 5.39. The van der Waals surface area contributed by atoms with E-state index in [0.29, 0.717) is 6.54 Å². The maximum Gasteiger partial charge on any atom is 0.0969 e. The number of hydrogen-bond donors (Lipinski definition) is 2. The average molecular weight is 260 g/mol. The van der Waals surface area contributed by atoms with Crippen molar-refractivity contribution in [2.45, 2.75) is 20.4 Å². The molecule has 0 bridgehead atoms. The van der Waals surface area contributed by atoms with Gasteiger partial charge in [0.05, 0.1) is 17.6 Å². The van der Waals surface area contributed by atoms with E-state index in [1.807, 2.05) is 44.2 Å². The number of nitrogens with one attached hydrogen (secondary N) is 1. The van der Waals surface area contributed by atoms with Crippen LogP contribution in [0.15, 0.2) is 36.5 Å². The summed E-state index contributed by atoms with van der Waals surface area (Å²) in [6.45, 7) is 5.58. The van der Waals surface area contributed by atoms with Gasteiger partial charge in [0, 0.05) is 25.1 Å². The van der Waals surface area contributed by atoms with E-state index in [4.69, 9.17) is 0 Å². The largest absolute Gasteiger partial charge is 0.396 e. The molecule has 0 unspecified atom stereocenters. The van der Waals surface area contributed by atoms with Crippen molar-refractivity contribution < 1.29 is 5.11 Å². The Bertz CT molecular complexity index is 507. The normalized spacial score (nSPS) is 11.7. The number of para-hydroxylation sites is 1. The lowest BCUT2D eigenvalue weighted by Crippen LogP contribution is -2.32. The van der Waals surface area contributed by atoms with Crippen molar-refractivity contribution in [2.75, 3.05) is 13.2 Å². The van der Waals surface area contributed by atoms with Crippen LogP contribution in [-0.2, 0) is 6.54 Å². The lowest BCUT2D eigenvalue weighted by molar-refractivity contribution is 0.156. The van der Waals surface area contributed by atoms with Gasteiger partial charge in [-0.05, 0) is 12.1 Å². The maximum absolute atomic E-state index is 9.17. The Labute approximate surface area is 113 Å². The highest BCUT2D eigenvalue weighted by Gasteiger charge is 2.15. The van der Waals surface area contributed by atoms with E-state index in [1.54, 1.807) is 11.0 Å². The van der Waals surface area contributed by atoms with Crippen molar-refractivity contribution in [3.63, 3.8) is 0 Å². The predicted octanol–water partition coefficient (Wildman–Crippen LogP) is 1.38. The zero-order chi connectivity index (χ0) is 13.7. The smallest absolute Gasteiger partial charge is 0.0969 e. The van der Waals surface area contributed by atoms with Gasteiger partial charge in [-0.3, -0.25) is 0 Å². The molecule has 0 radical (unpaired) electrons. The van der Waals surface area contributed by atoms with Crippen LogP contribution in [0.2, 0.25) is 0 Å². The van der Waals surface area contributed by atoms with E-state index in [2.05, 4.69) is 15.5 Å². The Morgan fingerprint density at radius 1 is 1.26 bits per heavy atom. The molecule has 0 aliphatic heterocycles. The van der Waals surface area contributed by atoms with Gasteiger partial charge in [-0.15, -0.1) is 0 Å². The van der Waals surface area contributed by atoms with Gasteiger partial charge in [-0.1, -0.05) is 32.0 Å². The van der Waals surface area contributed by atoms with Crippen molar-refractivity contribution in [1.82, 2.24) is 20.3 Å². The predicted molar refractivity (Wildman–Crippen MR) is 73.9 cm³/mol. The number of rotatable bonds is 6. The number of aromatic nitrogens is 3. The third-order valence-corrected chi connectivity index (χ3v) is 2.86. The molecule has 0 aliphatic rings. The molecule has 1 aromatic heterocycles. The summed E-state index contributed by atoms with van der Waals surface area (Å²) in [7, 11) is 0. The third-order valence-electron chi connectivity index (χ3n) is 2.86. The Kier molecular flexibility index (Phi) is 4.29. The lowest BCUT2D eigenvalue weighted by atomic mass is 9.95. The monoisotopic (exact) mass is 260 g/mol. The first-order chi connectivity index (χ1) is 9.11. The second-order valence-electron chi connectivity index (χ2n) is 5.39. The van der Waals surface area contributed by atoms with Crippen LogP contribution < -0.4 is 5.32 Å². The fourth-order valence-electron chi connectivity index (χ4n) is 1.65. The summed E-state index contributed by atoms with van der Waals surface area (Å²) < 4.78 is 0. The Balaban J connectivity index is 1.92. The minimum Gasteiger partial charge on any atom is -0.396 e. The summed E-state index contributed by atoms with van der Waals surface area (Å²) >= 11 is 0. The fraction of sp³-hybridized carbons (Fsp3) is 0.429. The van der Waals surface area contributed by atoms with E-state index >= 15 is 0 Å². The van der Waals surface area contributed by atoms with Crippen LogP contribution >= 0.6 is 0 Å². The molecule has 1 heterocycles. The molecule has 0 fully saturated rings. The van der Waals surface area contributed by atoms with Crippen LogP contribution in [0.4, 0.5) is 0 Å². The summed E-state index contributed by atoms with van der Waals surface area (Å²) in [6, 6.07) is 9.81. The molecule has 19 heavy (non-hydrogen) atoms. The van der Waals surface area contributed by atoms with Crippen LogP contribution in [-0.4, -0.2) is 33.3 Å². The van der Waals surface area contributed by atoms with Gasteiger partial charge in [0.25, 0.3) is 0 Å². The summed E-state index contributed by atoms with van der Waals surface area (Å²) in [5, 5.41) is 21.1. The third kappa shape index (κ3) is 3.87. The molecule has 5 nitrogen and oxygen atoms in total. The molecule has 0 atom stereocenters. The first-order valence-corrected chi connectivity index (χ1v) is 6.39. The fourth-order valence-corrected chi connectivity index (χ4v) is 1.65. The minimum atomic E-state index is -0.116. The van der Waals surface area contributed by atoms with Gasteiger partial charge in [-0.2, -0.15) is 15.0 Å². The van der Waals surface area contributed by atoms with Gasteiger partial charge in [0.2, 0.25) is 0 Å². The van der Waals surface area contributed by atoms with Gasteiger partial charge < -0.3 is 10.4 Å². The molecule has 0 saturated carbocycles. The molecule has 2 aromatic rings. The highest BCUT2D eigenvalue weighted by atomic mass is 16.3. The Morgan fingerprint density at radius 2 is 2.00 bits per heavy atom. The molecule has 0 saturated heterocycles. The van der Waals surface area contributed by atoms with Crippen LogP contribution in [0, 0.1) is 5.41 Å². The lowest BCUT2D eigenvalue weighted by Gasteiger charge is -2.21. The van der Waals surface area contributed by atoms with E-state index in [9.17, 15) is 5.11 Å². The van der Waals surface area contributed by atoms with Crippen molar-refractivity contribution in [3.05, 3.63) is 42.2 Å².